The lowest BCUT2D eigenvalue weighted by Gasteiger charge is -2.33. The van der Waals surface area contributed by atoms with E-state index in [9.17, 15) is 0 Å². The zero-order valence-electron chi connectivity index (χ0n) is 11.8. The van der Waals surface area contributed by atoms with Crippen LogP contribution in [-0.4, -0.2) is 25.9 Å². The van der Waals surface area contributed by atoms with Gasteiger partial charge in [-0.3, -0.25) is 0 Å². The van der Waals surface area contributed by atoms with Crippen LogP contribution in [0.25, 0.3) is 0 Å². The summed E-state index contributed by atoms with van der Waals surface area (Å²) in [7, 11) is 1.99. The molecule has 0 amide bonds. The molecule has 1 N–H and O–H groups in total. The average Bonchev–Trinajstić information content (AvgIpc) is 2.81. The minimum atomic E-state index is -0.124. The lowest BCUT2D eigenvalue weighted by Crippen LogP contribution is -2.39. The SMILES string of the molecule is CCOc1ccc(C(NC)C2(C)CCCO2)cc1Br. The molecule has 2 unspecified atom stereocenters. The number of nitrogens with one attached hydrogen (secondary N) is 1. The van der Waals surface area contributed by atoms with Crippen molar-refractivity contribution in [3.8, 4) is 5.75 Å². The van der Waals surface area contributed by atoms with Gasteiger partial charge in [0.2, 0.25) is 0 Å². The number of hydrogen-bond acceptors (Lipinski definition) is 3. The van der Waals surface area contributed by atoms with Gasteiger partial charge in [0.15, 0.2) is 0 Å². The maximum absolute atomic E-state index is 5.96. The molecule has 0 spiro atoms. The Morgan fingerprint density at radius 1 is 1.53 bits per heavy atom. The first-order chi connectivity index (χ1) is 9.10. The molecule has 1 aliphatic heterocycles. The van der Waals surface area contributed by atoms with Crippen LogP contribution in [0, 0.1) is 0 Å². The van der Waals surface area contributed by atoms with Crippen LogP contribution in [0.5, 0.6) is 5.75 Å². The largest absolute Gasteiger partial charge is 0.493 e. The second-order valence-corrected chi connectivity index (χ2v) is 5.96. The van der Waals surface area contributed by atoms with E-state index < -0.39 is 0 Å². The summed E-state index contributed by atoms with van der Waals surface area (Å²) >= 11 is 3.58. The molecule has 2 rings (SSSR count). The predicted molar refractivity (Wildman–Crippen MR) is 80.7 cm³/mol. The van der Waals surface area contributed by atoms with Gasteiger partial charge >= 0.3 is 0 Å². The topological polar surface area (TPSA) is 30.5 Å². The number of halogens is 1. The van der Waals surface area contributed by atoms with Crippen molar-refractivity contribution in [3.63, 3.8) is 0 Å². The first kappa shape index (κ1) is 14.8. The molecule has 0 saturated carbocycles. The summed E-state index contributed by atoms with van der Waals surface area (Å²) in [4.78, 5) is 0. The van der Waals surface area contributed by atoms with E-state index in [1.807, 2.05) is 20.0 Å². The standard InChI is InChI=1S/C15H22BrNO2/c1-4-18-13-7-6-11(10-12(13)16)14(17-3)15(2)8-5-9-19-15/h6-7,10,14,17H,4-5,8-9H2,1-3H3. The van der Waals surface area contributed by atoms with Crippen LogP contribution in [0.15, 0.2) is 22.7 Å². The minimum Gasteiger partial charge on any atom is -0.493 e. The highest BCUT2D eigenvalue weighted by Crippen LogP contribution is 2.39. The van der Waals surface area contributed by atoms with E-state index >= 15 is 0 Å². The van der Waals surface area contributed by atoms with Gasteiger partial charge < -0.3 is 14.8 Å². The van der Waals surface area contributed by atoms with Gasteiger partial charge in [0.25, 0.3) is 0 Å². The van der Waals surface area contributed by atoms with E-state index in [1.54, 1.807) is 0 Å². The Labute approximate surface area is 123 Å². The summed E-state index contributed by atoms with van der Waals surface area (Å²) in [6, 6.07) is 6.45. The van der Waals surface area contributed by atoms with Crippen molar-refractivity contribution in [2.75, 3.05) is 20.3 Å². The summed E-state index contributed by atoms with van der Waals surface area (Å²) in [5, 5.41) is 3.39. The second-order valence-electron chi connectivity index (χ2n) is 5.11. The number of likely N-dealkylation sites (N-methyl/N-ethyl adjacent to an activating group) is 1. The molecule has 106 valence electrons. The fourth-order valence-electron chi connectivity index (χ4n) is 2.82. The lowest BCUT2D eigenvalue weighted by atomic mass is 9.88. The molecule has 2 atom stereocenters. The van der Waals surface area contributed by atoms with E-state index in [4.69, 9.17) is 9.47 Å². The number of hydrogen-bond donors (Lipinski definition) is 1. The van der Waals surface area contributed by atoms with Crippen LogP contribution < -0.4 is 10.1 Å². The molecule has 1 aliphatic rings. The Hall–Kier alpha value is -0.580. The summed E-state index contributed by atoms with van der Waals surface area (Å²) < 4.78 is 12.5. The highest BCUT2D eigenvalue weighted by molar-refractivity contribution is 9.10. The molecule has 3 nitrogen and oxygen atoms in total. The number of benzene rings is 1. The summed E-state index contributed by atoms with van der Waals surface area (Å²) in [5.41, 5.74) is 1.10. The maximum atomic E-state index is 5.96. The molecule has 1 aromatic carbocycles. The maximum Gasteiger partial charge on any atom is 0.133 e. The molecule has 1 saturated heterocycles. The van der Waals surface area contributed by atoms with Crippen molar-refractivity contribution in [3.05, 3.63) is 28.2 Å². The molecule has 4 heteroatoms. The minimum absolute atomic E-state index is 0.124. The Kier molecular flexibility index (Phi) is 4.87. The van der Waals surface area contributed by atoms with Crippen molar-refractivity contribution in [1.82, 2.24) is 5.32 Å². The van der Waals surface area contributed by atoms with Crippen LogP contribution in [0.3, 0.4) is 0 Å². The van der Waals surface area contributed by atoms with Gasteiger partial charge in [-0.2, -0.15) is 0 Å². The van der Waals surface area contributed by atoms with Crippen molar-refractivity contribution in [2.24, 2.45) is 0 Å². The van der Waals surface area contributed by atoms with Crippen LogP contribution in [0.2, 0.25) is 0 Å². The van der Waals surface area contributed by atoms with E-state index in [2.05, 4.69) is 40.3 Å². The van der Waals surface area contributed by atoms with Gasteiger partial charge in [0.1, 0.15) is 5.75 Å². The zero-order chi connectivity index (χ0) is 13.9. The third kappa shape index (κ3) is 3.12. The summed E-state index contributed by atoms with van der Waals surface area (Å²) in [6.45, 7) is 5.71. The molecule has 0 bridgehead atoms. The number of rotatable bonds is 5. The van der Waals surface area contributed by atoms with Crippen molar-refractivity contribution in [1.29, 1.82) is 0 Å². The molecule has 0 radical (unpaired) electrons. The Morgan fingerprint density at radius 3 is 2.84 bits per heavy atom. The zero-order valence-corrected chi connectivity index (χ0v) is 13.4. The molecule has 1 heterocycles. The number of ether oxygens (including phenoxy) is 2. The molecular weight excluding hydrogens is 306 g/mol. The second kappa shape index (κ2) is 6.25. The van der Waals surface area contributed by atoms with Crippen LogP contribution in [0.1, 0.15) is 38.3 Å². The van der Waals surface area contributed by atoms with Crippen LogP contribution >= 0.6 is 15.9 Å². The lowest BCUT2D eigenvalue weighted by molar-refractivity contribution is -0.0105. The Balaban J connectivity index is 2.26. The van der Waals surface area contributed by atoms with Gasteiger partial charge in [0, 0.05) is 6.61 Å². The molecule has 1 aromatic rings. The van der Waals surface area contributed by atoms with Crippen molar-refractivity contribution < 1.29 is 9.47 Å². The van der Waals surface area contributed by atoms with Crippen LogP contribution in [0.4, 0.5) is 0 Å². The van der Waals surface area contributed by atoms with Gasteiger partial charge in [-0.15, -0.1) is 0 Å². The average molecular weight is 328 g/mol. The van der Waals surface area contributed by atoms with Crippen LogP contribution in [-0.2, 0) is 4.74 Å². The van der Waals surface area contributed by atoms with E-state index in [0.717, 1.165) is 29.7 Å². The summed E-state index contributed by atoms with van der Waals surface area (Å²) in [6.07, 6.45) is 2.22. The third-order valence-corrected chi connectivity index (χ3v) is 4.36. The smallest absolute Gasteiger partial charge is 0.133 e. The monoisotopic (exact) mass is 327 g/mol. The normalized spacial score (nSPS) is 24.4. The quantitative estimate of drug-likeness (QED) is 0.894. The van der Waals surface area contributed by atoms with Crippen molar-refractivity contribution >= 4 is 15.9 Å². The van der Waals surface area contributed by atoms with Gasteiger partial charge in [0.05, 0.1) is 22.7 Å². The first-order valence-electron chi connectivity index (χ1n) is 6.84. The highest BCUT2D eigenvalue weighted by atomic mass is 79.9. The van der Waals surface area contributed by atoms with Gasteiger partial charge in [-0.1, -0.05) is 6.07 Å². The van der Waals surface area contributed by atoms with Gasteiger partial charge in [-0.05, 0) is 67.4 Å². The Morgan fingerprint density at radius 2 is 2.32 bits per heavy atom. The fraction of sp³-hybridized carbons (Fsp3) is 0.600. The third-order valence-electron chi connectivity index (χ3n) is 3.74. The van der Waals surface area contributed by atoms with E-state index in [1.165, 1.54) is 5.56 Å². The Bertz CT molecular complexity index is 430. The molecule has 0 aliphatic carbocycles. The van der Waals surface area contributed by atoms with E-state index in [-0.39, 0.29) is 11.6 Å². The molecule has 19 heavy (non-hydrogen) atoms. The summed E-state index contributed by atoms with van der Waals surface area (Å²) in [5.74, 6) is 0.888. The first-order valence-corrected chi connectivity index (χ1v) is 7.63. The molecule has 0 aromatic heterocycles. The predicted octanol–water partition coefficient (Wildman–Crippen LogP) is 3.68. The van der Waals surface area contributed by atoms with Crippen molar-refractivity contribution in [2.45, 2.75) is 38.3 Å². The van der Waals surface area contributed by atoms with Gasteiger partial charge in [-0.25, -0.2) is 0 Å². The molecule has 1 fully saturated rings. The molecular formula is C15H22BrNO2. The fourth-order valence-corrected chi connectivity index (χ4v) is 3.33. The highest BCUT2D eigenvalue weighted by Gasteiger charge is 2.38. The van der Waals surface area contributed by atoms with E-state index in [0.29, 0.717) is 6.61 Å².